The van der Waals surface area contributed by atoms with Crippen LogP contribution in [0, 0.1) is 0 Å². The molecule has 0 saturated heterocycles. The molecule has 0 radical (unpaired) electrons. The van der Waals surface area contributed by atoms with Crippen molar-refractivity contribution in [3.05, 3.63) is 17.7 Å². The standard InChI is InChI=1S/C15H21NO5/c1-19-12-6-10(7-13(20-2)15(12)21-3)8-16(9-14(17)18)11-4-5-11/h6-7,11H,4-5,8-9H2,1-3H3,(H,17,18). The summed E-state index contributed by atoms with van der Waals surface area (Å²) in [7, 11) is 4.68. The normalized spacial score (nSPS) is 15.4. The molecule has 0 aromatic heterocycles. The number of carboxylic acids is 1. The number of benzene rings is 1. The minimum atomic E-state index is -1.02. The van der Waals surface area contributed by atoms with E-state index in [9.17, 15) is 9.90 Å². The Hall–Kier alpha value is -1.95. The highest BCUT2D eigenvalue weighted by Gasteiger charge is 2.33. The number of carbonyl (C=O) groups excluding carboxylic acids is 1. The number of hydrogen-bond acceptors (Lipinski definition) is 5. The van der Waals surface area contributed by atoms with E-state index in [0.717, 1.165) is 23.3 Å². The van der Waals surface area contributed by atoms with Crippen LogP contribution in [-0.4, -0.2) is 39.9 Å². The second-order valence-electron chi connectivity index (χ2n) is 5.19. The first kappa shape index (κ1) is 15.4. The minimum absolute atomic E-state index is 0.0152. The van der Waals surface area contributed by atoms with Crippen LogP contribution in [0.4, 0.5) is 0 Å². The Morgan fingerprint density at radius 3 is 2.14 bits per heavy atom. The van der Waals surface area contributed by atoms with E-state index >= 15 is 0 Å². The lowest BCUT2D eigenvalue weighted by Crippen LogP contribution is -3.13. The molecule has 0 heterocycles. The summed E-state index contributed by atoms with van der Waals surface area (Å²) in [6.07, 6.45) is 2.13. The zero-order valence-corrected chi connectivity index (χ0v) is 12.6. The van der Waals surface area contributed by atoms with Gasteiger partial charge < -0.3 is 29.0 Å². The maximum atomic E-state index is 10.9. The van der Waals surface area contributed by atoms with Crippen LogP contribution in [0.25, 0.3) is 0 Å². The molecule has 0 amide bonds. The molecule has 1 aliphatic carbocycles. The molecule has 0 bridgehead atoms. The van der Waals surface area contributed by atoms with Gasteiger partial charge in [-0.3, -0.25) is 0 Å². The van der Waals surface area contributed by atoms with Gasteiger partial charge in [0.2, 0.25) is 5.75 Å². The van der Waals surface area contributed by atoms with E-state index in [0.29, 0.717) is 29.8 Å². The molecule has 1 aromatic carbocycles. The lowest BCUT2D eigenvalue weighted by molar-refractivity contribution is -0.919. The van der Waals surface area contributed by atoms with Crippen LogP contribution in [0.3, 0.4) is 0 Å². The number of aliphatic carboxylic acids is 1. The molecule has 21 heavy (non-hydrogen) atoms. The zero-order chi connectivity index (χ0) is 15.4. The van der Waals surface area contributed by atoms with Gasteiger partial charge in [0.15, 0.2) is 11.5 Å². The van der Waals surface area contributed by atoms with Crippen LogP contribution in [0.2, 0.25) is 0 Å². The van der Waals surface area contributed by atoms with Gasteiger partial charge >= 0.3 is 0 Å². The van der Waals surface area contributed by atoms with Gasteiger partial charge in [0.1, 0.15) is 13.1 Å². The fraction of sp³-hybridized carbons (Fsp3) is 0.533. The molecule has 1 saturated carbocycles. The van der Waals surface area contributed by atoms with Crippen molar-refractivity contribution in [3.63, 3.8) is 0 Å². The average Bonchev–Trinajstić information content (AvgIpc) is 3.29. The fourth-order valence-electron chi connectivity index (χ4n) is 2.53. The van der Waals surface area contributed by atoms with Crippen LogP contribution in [-0.2, 0) is 11.3 Å². The highest BCUT2D eigenvalue weighted by molar-refractivity contribution is 5.65. The molecule has 6 heteroatoms. The average molecular weight is 295 g/mol. The van der Waals surface area contributed by atoms with Gasteiger partial charge in [0.25, 0.3) is 0 Å². The Labute approximate surface area is 124 Å². The Kier molecular flexibility index (Phi) is 4.90. The Morgan fingerprint density at radius 1 is 1.19 bits per heavy atom. The third kappa shape index (κ3) is 3.78. The lowest BCUT2D eigenvalue weighted by Gasteiger charge is -2.21. The Bertz CT molecular complexity index is 488. The van der Waals surface area contributed by atoms with E-state index in [2.05, 4.69) is 0 Å². The molecular formula is C15H21NO5. The van der Waals surface area contributed by atoms with Crippen LogP contribution in [0.15, 0.2) is 12.1 Å². The largest absolute Gasteiger partial charge is 0.544 e. The minimum Gasteiger partial charge on any atom is -0.544 e. The van der Waals surface area contributed by atoms with Gasteiger partial charge in [-0.05, 0) is 12.1 Å². The molecular weight excluding hydrogens is 274 g/mol. The van der Waals surface area contributed by atoms with Crippen LogP contribution >= 0.6 is 0 Å². The first-order valence-electron chi connectivity index (χ1n) is 6.92. The molecule has 1 fully saturated rings. The monoisotopic (exact) mass is 295 g/mol. The lowest BCUT2D eigenvalue weighted by atomic mass is 10.1. The summed E-state index contributed by atoms with van der Waals surface area (Å²) in [5.74, 6) is 0.673. The predicted octanol–water partition coefficient (Wildman–Crippen LogP) is -0.990. The number of carbonyl (C=O) groups is 1. The Balaban J connectivity index is 2.23. The summed E-state index contributed by atoms with van der Waals surface area (Å²) < 4.78 is 15.9. The van der Waals surface area contributed by atoms with Crippen molar-refractivity contribution in [2.24, 2.45) is 0 Å². The molecule has 1 unspecified atom stereocenters. The van der Waals surface area contributed by atoms with E-state index in [1.54, 1.807) is 21.3 Å². The SMILES string of the molecule is COc1cc(C[NH+](CC(=O)[O-])C2CC2)cc(OC)c1OC. The molecule has 1 atom stereocenters. The van der Waals surface area contributed by atoms with Crippen molar-refractivity contribution < 1.29 is 29.0 Å². The fourth-order valence-corrected chi connectivity index (χ4v) is 2.53. The summed E-state index contributed by atoms with van der Waals surface area (Å²) in [5.41, 5.74) is 0.952. The van der Waals surface area contributed by atoms with E-state index < -0.39 is 5.97 Å². The van der Waals surface area contributed by atoms with Gasteiger partial charge in [-0.1, -0.05) is 0 Å². The third-order valence-corrected chi connectivity index (χ3v) is 3.68. The topological polar surface area (TPSA) is 72.3 Å². The smallest absolute Gasteiger partial charge is 0.203 e. The molecule has 6 nitrogen and oxygen atoms in total. The molecule has 2 rings (SSSR count). The summed E-state index contributed by atoms with van der Waals surface area (Å²) >= 11 is 0. The van der Waals surface area contributed by atoms with Gasteiger partial charge in [-0.15, -0.1) is 0 Å². The maximum Gasteiger partial charge on any atom is 0.203 e. The number of rotatable bonds is 8. The first-order chi connectivity index (χ1) is 10.1. The molecule has 1 aliphatic rings. The maximum absolute atomic E-state index is 10.9. The van der Waals surface area contributed by atoms with Crippen molar-refractivity contribution in [1.82, 2.24) is 0 Å². The van der Waals surface area contributed by atoms with Gasteiger partial charge in [0.05, 0.1) is 33.3 Å². The molecule has 116 valence electrons. The number of hydrogen-bond donors (Lipinski definition) is 1. The van der Waals surface area contributed by atoms with Crippen molar-refractivity contribution >= 4 is 5.97 Å². The van der Waals surface area contributed by atoms with E-state index in [-0.39, 0.29) is 6.54 Å². The van der Waals surface area contributed by atoms with Crippen molar-refractivity contribution in [1.29, 1.82) is 0 Å². The molecule has 1 N–H and O–H groups in total. The summed E-state index contributed by atoms with van der Waals surface area (Å²) in [4.78, 5) is 11.9. The van der Waals surface area contributed by atoms with Crippen LogP contribution < -0.4 is 24.2 Å². The third-order valence-electron chi connectivity index (χ3n) is 3.68. The summed E-state index contributed by atoms with van der Waals surface area (Å²) in [5, 5.41) is 10.9. The second-order valence-corrected chi connectivity index (χ2v) is 5.19. The highest BCUT2D eigenvalue weighted by atomic mass is 16.5. The molecule has 0 aliphatic heterocycles. The van der Waals surface area contributed by atoms with Crippen LogP contribution in [0.1, 0.15) is 18.4 Å². The quantitative estimate of drug-likeness (QED) is 0.667. The molecule has 0 spiro atoms. The first-order valence-corrected chi connectivity index (χ1v) is 6.92. The number of quaternary nitrogens is 1. The van der Waals surface area contributed by atoms with E-state index in [4.69, 9.17) is 14.2 Å². The van der Waals surface area contributed by atoms with E-state index in [1.807, 2.05) is 12.1 Å². The predicted molar refractivity (Wildman–Crippen MR) is 73.7 cm³/mol. The summed E-state index contributed by atoms with van der Waals surface area (Å²) in [6, 6.07) is 4.12. The Morgan fingerprint density at radius 2 is 1.76 bits per heavy atom. The number of carboxylic acid groups (broad SMARTS) is 1. The van der Waals surface area contributed by atoms with Crippen molar-refractivity contribution in [2.75, 3.05) is 27.9 Å². The number of ether oxygens (including phenoxy) is 3. The number of nitrogens with one attached hydrogen (secondary N) is 1. The zero-order valence-electron chi connectivity index (χ0n) is 12.6. The van der Waals surface area contributed by atoms with Gasteiger partial charge in [0, 0.05) is 18.4 Å². The van der Waals surface area contributed by atoms with Gasteiger partial charge in [-0.2, -0.15) is 0 Å². The highest BCUT2D eigenvalue weighted by Crippen LogP contribution is 2.38. The van der Waals surface area contributed by atoms with Crippen LogP contribution in [0.5, 0.6) is 17.2 Å². The molecule has 1 aromatic rings. The van der Waals surface area contributed by atoms with Crippen molar-refractivity contribution in [3.8, 4) is 17.2 Å². The number of methoxy groups -OCH3 is 3. The van der Waals surface area contributed by atoms with Gasteiger partial charge in [-0.25, -0.2) is 0 Å². The second kappa shape index (κ2) is 6.67. The van der Waals surface area contributed by atoms with E-state index in [1.165, 1.54) is 0 Å². The van der Waals surface area contributed by atoms with Crippen molar-refractivity contribution in [2.45, 2.75) is 25.4 Å². The summed E-state index contributed by atoms with van der Waals surface area (Å²) in [6.45, 7) is 0.608.